The highest BCUT2D eigenvalue weighted by Crippen LogP contribution is 2.56. The monoisotopic (exact) mass is 542 g/mol. The lowest BCUT2D eigenvalue weighted by molar-refractivity contribution is -0.165. The average molecular weight is 543 g/mol. The maximum absolute atomic E-state index is 6.24. The molecule has 2 atom stereocenters. The molecule has 3 aliphatic rings. The largest absolute Gasteiger partial charge is 0.490 e. The standard InChI is InChI=1S/C37H34O4/c1-3-9-25-21-27(15-17-34(25)40-24-29-23-39-29)37(32-13-7-5-11-30(32)31-12-6-8-14-33(31)37)28-16-18-35(26(22-28)10-4-2)41-36-19-20-38-36/h3-8,11-18,21-22,29,36H,1-2,9-10,19-20,23-24H2. The van der Waals surface area contributed by atoms with E-state index in [4.69, 9.17) is 18.9 Å². The number of fused-ring (bicyclic) bond motifs is 3. The molecule has 41 heavy (non-hydrogen) atoms. The molecular formula is C37H34O4. The fourth-order valence-electron chi connectivity index (χ4n) is 6.33. The van der Waals surface area contributed by atoms with Gasteiger partial charge in [0.2, 0.25) is 6.29 Å². The third-order valence-corrected chi connectivity index (χ3v) is 8.41. The molecule has 0 saturated carbocycles. The summed E-state index contributed by atoms with van der Waals surface area (Å²) in [5.41, 5.74) is 9.14. The Morgan fingerprint density at radius 2 is 1.32 bits per heavy atom. The molecule has 0 aromatic heterocycles. The van der Waals surface area contributed by atoms with Crippen LogP contribution in [0.2, 0.25) is 0 Å². The van der Waals surface area contributed by atoms with Crippen LogP contribution in [0.1, 0.15) is 39.8 Å². The number of allylic oxidation sites excluding steroid dienone is 2. The lowest BCUT2D eigenvalue weighted by Crippen LogP contribution is -2.33. The Bertz CT molecular complexity index is 1570. The summed E-state index contributed by atoms with van der Waals surface area (Å²) in [6, 6.07) is 30.9. The first-order valence-electron chi connectivity index (χ1n) is 14.4. The van der Waals surface area contributed by atoms with Crippen molar-refractivity contribution in [3.05, 3.63) is 144 Å². The summed E-state index contributed by atoms with van der Waals surface area (Å²) in [5.74, 6) is 1.74. The van der Waals surface area contributed by atoms with Crippen molar-refractivity contribution in [2.24, 2.45) is 0 Å². The van der Waals surface area contributed by atoms with E-state index in [0.29, 0.717) is 19.4 Å². The Hall–Kier alpha value is -4.12. The lowest BCUT2D eigenvalue weighted by Gasteiger charge is -2.35. The van der Waals surface area contributed by atoms with E-state index in [1.54, 1.807) is 0 Å². The summed E-state index contributed by atoms with van der Waals surface area (Å²) in [5, 5.41) is 0. The molecule has 4 heteroatoms. The summed E-state index contributed by atoms with van der Waals surface area (Å²) >= 11 is 0. The summed E-state index contributed by atoms with van der Waals surface area (Å²) in [7, 11) is 0. The minimum atomic E-state index is -0.525. The van der Waals surface area contributed by atoms with Crippen LogP contribution in [0.3, 0.4) is 0 Å². The third kappa shape index (κ3) is 4.48. The van der Waals surface area contributed by atoms with Gasteiger partial charge in [-0.25, -0.2) is 0 Å². The van der Waals surface area contributed by atoms with Crippen LogP contribution in [0.25, 0.3) is 11.1 Å². The Balaban J connectivity index is 1.45. The van der Waals surface area contributed by atoms with Gasteiger partial charge in [-0.15, -0.1) is 13.2 Å². The number of epoxide rings is 1. The van der Waals surface area contributed by atoms with Gasteiger partial charge in [0.05, 0.1) is 18.6 Å². The zero-order valence-corrected chi connectivity index (χ0v) is 23.2. The van der Waals surface area contributed by atoms with Crippen molar-refractivity contribution in [3.63, 3.8) is 0 Å². The number of benzene rings is 4. The van der Waals surface area contributed by atoms with Crippen LogP contribution < -0.4 is 9.47 Å². The quantitative estimate of drug-likeness (QED) is 0.129. The summed E-state index contributed by atoms with van der Waals surface area (Å²) in [6.45, 7) is 10.2. The van der Waals surface area contributed by atoms with Crippen molar-refractivity contribution in [2.75, 3.05) is 19.8 Å². The van der Waals surface area contributed by atoms with Gasteiger partial charge in [-0.2, -0.15) is 0 Å². The molecule has 7 rings (SSSR count). The second-order valence-electron chi connectivity index (χ2n) is 10.9. The second kappa shape index (κ2) is 10.7. The summed E-state index contributed by atoms with van der Waals surface area (Å²) in [4.78, 5) is 0. The Kier molecular flexibility index (Phi) is 6.74. The topological polar surface area (TPSA) is 40.2 Å². The fraction of sp³-hybridized carbons (Fsp3) is 0.243. The van der Waals surface area contributed by atoms with Crippen LogP contribution >= 0.6 is 0 Å². The van der Waals surface area contributed by atoms with E-state index < -0.39 is 5.41 Å². The van der Waals surface area contributed by atoms with Crippen LogP contribution in [0.5, 0.6) is 11.5 Å². The zero-order chi connectivity index (χ0) is 27.8. The molecule has 4 aromatic carbocycles. The molecule has 206 valence electrons. The molecule has 0 N–H and O–H groups in total. The molecule has 0 spiro atoms. The highest BCUT2D eigenvalue weighted by molar-refractivity contribution is 5.86. The van der Waals surface area contributed by atoms with E-state index in [9.17, 15) is 0 Å². The molecule has 4 aromatic rings. The minimum absolute atomic E-state index is 0.179. The molecule has 2 saturated heterocycles. The van der Waals surface area contributed by atoms with Gasteiger partial charge < -0.3 is 18.9 Å². The summed E-state index contributed by atoms with van der Waals surface area (Å²) in [6.07, 6.45) is 6.22. The van der Waals surface area contributed by atoms with E-state index in [2.05, 4.69) is 98.1 Å². The van der Waals surface area contributed by atoms with Crippen LogP contribution in [-0.4, -0.2) is 32.2 Å². The molecule has 2 unspecified atom stereocenters. The number of rotatable bonds is 11. The Morgan fingerprint density at radius 1 is 0.756 bits per heavy atom. The van der Waals surface area contributed by atoms with Crippen molar-refractivity contribution in [1.82, 2.24) is 0 Å². The number of ether oxygens (including phenoxy) is 4. The van der Waals surface area contributed by atoms with Crippen molar-refractivity contribution in [1.29, 1.82) is 0 Å². The van der Waals surface area contributed by atoms with Gasteiger partial charge in [-0.05, 0) is 69.5 Å². The van der Waals surface area contributed by atoms with Gasteiger partial charge in [-0.3, -0.25) is 0 Å². The molecule has 0 radical (unpaired) electrons. The predicted octanol–water partition coefficient (Wildman–Crippen LogP) is 7.41. The smallest absolute Gasteiger partial charge is 0.202 e. The van der Waals surface area contributed by atoms with Gasteiger partial charge in [0.1, 0.15) is 24.2 Å². The zero-order valence-electron chi connectivity index (χ0n) is 23.2. The molecule has 4 nitrogen and oxygen atoms in total. The second-order valence-corrected chi connectivity index (χ2v) is 10.9. The molecule has 0 bridgehead atoms. The van der Waals surface area contributed by atoms with Crippen LogP contribution in [0.4, 0.5) is 0 Å². The Morgan fingerprint density at radius 3 is 1.85 bits per heavy atom. The number of hydrogen-bond donors (Lipinski definition) is 0. The maximum Gasteiger partial charge on any atom is 0.202 e. The fourth-order valence-corrected chi connectivity index (χ4v) is 6.33. The normalized spacial score (nSPS) is 19.4. The van der Waals surface area contributed by atoms with Crippen LogP contribution in [-0.2, 0) is 27.7 Å². The number of hydrogen-bond acceptors (Lipinski definition) is 4. The molecule has 0 amide bonds. The first-order valence-corrected chi connectivity index (χ1v) is 14.4. The van der Waals surface area contributed by atoms with E-state index in [1.807, 2.05) is 12.2 Å². The van der Waals surface area contributed by atoms with Gasteiger partial charge in [0, 0.05) is 6.42 Å². The van der Waals surface area contributed by atoms with E-state index in [-0.39, 0.29) is 12.4 Å². The van der Waals surface area contributed by atoms with Crippen molar-refractivity contribution in [2.45, 2.75) is 37.1 Å². The summed E-state index contributed by atoms with van der Waals surface area (Å²) < 4.78 is 23.4. The first-order chi connectivity index (χ1) is 20.2. The van der Waals surface area contributed by atoms with E-state index in [1.165, 1.54) is 33.4 Å². The molecular weight excluding hydrogens is 508 g/mol. The van der Waals surface area contributed by atoms with Crippen molar-refractivity contribution in [3.8, 4) is 22.6 Å². The van der Waals surface area contributed by atoms with Crippen LogP contribution in [0, 0.1) is 0 Å². The lowest BCUT2D eigenvalue weighted by atomic mass is 9.67. The molecule has 2 aliphatic heterocycles. The van der Waals surface area contributed by atoms with E-state index in [0.717, 1.165) is 42.3 Å². The highest BCUT2D eigenvalue weighted by Gasteiger charge is 2.46. The third-order valence-electron chi connectivity index (χ3n) is 8.41. The van der Waals surface area contributed by atoms with E-state index >= 15 is 0 Å². The Labute approximate surface area is 241 Å². The van der Waals surface area contributed by atoms with Gasteiger partial charge >= 0.3 is 0 Å². The minimum Gasteiger partial charge on any atom is -0.490 e. The SMILES string of the molecule is C=CCc1cc(C2(c3ccc(OC4CCO4)c(CC=C)c3)c3ccccc3-c3ccccc32)ccc1OCC1CO1. The predicted molar refractivity (Wildman–Crippen MR) is 162 cm³/mol. The van der Waals surface area contributed by atoms with Crippen molar-refractivity contribution < 1.29 is 18.9 Å². The first kappa shape index (κ1) is 25.8. The van der Waals surface area contributed by atoms with Crippen molar-refractivity contribution >= 4 is 0 Å². The van der Waals surface area contributed by atoms with Gasteiger partial charge in [0.15, 0.2) is 0 Å². The average Bonchev–Trinajstić information content (AvgIpc) is 3.76. The molecule has 2 fully saturated rings. The maximum atomic E-state index is 6.24. The van der Waals surface area contributed by atoms with Gasteiger partial charge in [0.25, 0.3) is 0 Å². The highest BCUT2D eigenvalue weighted by atomic mass is 16.7. The molecule has 1 aliphatic carbocycles. The van der Waals surface area contributed by atoms with Crippen LogP contribution in [0.15, 0.2) is 110 Å². The molecule has 2 heterocycles. The van der Waals surface area contributed by atoms with Gasteiger partial charge in [-0.1, -0.05) is 84.9 Å².